The lowest BCUT2D eigenvalue weighted by atomic mass is 9.95. The summed E-state index contributed by atoms with van der Waals surface area (Å²) in [5.41, 5.74) is 1.39. The van der Waals surface area contributed by atoms with Gasteiger partial charge in [0.15, 0.2) is 0 Å². The molecule has 1 aliphatic carbocycles. The first-order valence-electron chi connectivity index (χ1n) is 14.1. The number of aromatic hydroxyl groups is 1. The SMILES string of the molecule is CCOC(=O)c1c(N=Cc2c(O)n(-c3cccc(S(=O)(=O)N(CC)CC)c3)c(=O)c3ccccc23)sc2c1CCCC2. The predicted molar refractivity (Wildman–Crippen MR) is 165 cm³/mol. The lowest BCUT2D eigenvalue weighted by Crippen LogP contribution is -2.30. The van der Waals surface area contributed by atoms with Crippen LogP contribution in [-0.2, 0) is 27.6 Å². The molecule has 0 unspecified atom stereocenters. The maximum absolute atomic E-state index is 13.7. The highest BCUT2D eigenvalue weighted by Crippen LogP contribution is 2.40. The molecule has 4 aromatic rings. The van der Waals surface area contributed by atoms with Crippen LogP contribution in [0.3, 0.4) is 0 Å². The third-order valence-electron chi connectivity index (χ3n) is 7.47. The van der Waals surface area contributed by atoms with Crippen LogP contribution in [0.25, 0.3) is 16.5 Å². The fraction of sp³-hybridized carbons (Fsp3) is 0.323. The van der Waals surface area contributed by atoms with E-state index in [-0.39, 0.29) is 28.6 Å². The first kappa shape index (κ1) is 29.7. The van der Waals surface area contributed by atoms with Crippen LogP contribution in [0.1, 0.15) is 60.0 Å². The molecule has 220 valence electrons. The molecule has 0 fully saturated rings. The Bertz CT molecular complexity index is 1850. The first-order chi connectivity index (χ1) is 20.2. The molecule has 0 bridgehead atoms. The molecule has 2 heterocycles. The van der Waals surface area contributed by atoms with E-state index in [2.05, 4.69) is 4.99 Å². The van der Waals surface area contributed by atoms with E-state index in [1.807, 2.05) is 0 Å². The molecule has 2 aromatic carbocycles. The minimum absolute atomic E-state index is 0.0154. The number of aromatic nitrogens is 1. The number of carbonyl (C=O) groups is 1. The van der Waals surface area contributed by atoms with Crippen LogP contribution < -0.4 is 5.56 Å². The van der Waals surface area contributed by atoms with Gasteiger partial charge in [0.25, 0.3) is 5.56 Å². The van der Waals surface area contributed by atoms with E-state index in [0.717, 1.165) is 40.7 Å². The number of aliphatic imine (C=N–C) groups is 1. The van der Waals surface area contributed by atoms with Crippen LogP contribution in [0.2, 0.25) is 0 Å². The average Bonchev–Trinajstić information content (AvgIpc) is 3.36. The van der Waals surface area contributed by atoms with Crippen molar-refractivity contribution in [2.24, 2.45) is 4.99 Å². The van der Waals surface area contributed by atoms with Gasteiger partial charge in [-0.3, -0.25) is 4.79 Å². The average molecular weight is 608 g/mol. The van der Waals surface area contributed by atoms with Gasteiger partial charge in [-0.15, -0.1) is 11.3 Å². The maximum atomic E-state index is 13.7. The van der Waals surface area contributed by atoms with E-state index in [4.69, 9.17) is 4.74 Å². The van der Waals surface area contributed by atoms with Gasteiger partial charge in [-0.05, 0) is 62.4 Å². The Morgan fingerprint density at radius 2 is 1.79 bits per heavy atom. The second-order valence-corrected chi connectivity index (χ2v) is 12.9. The number of pyridine rings is 1. The van der Waals surface area contributed by atoms with E-state index in [1.54, 1.807) is 57.2 Å². The number of rotatable bonds is 9. The Kier molecular flexibility index (Phi) is 8.63. The predicted octanol–water partition coefficient (Wildman–Crippen LogP) is 5.59. The van der Waals surface area contributed by atoms with Gasteiger partial charge in [0.05, 0.1) is 28.3 Å². The van der Waals surface area contributed by atoms with Crippen LogP contribution in [0.4, 0.5) is 5.00 Å². The van der Waals surface area contributed by atoms with Crippen molar-refractivity contribution in [3.05, 3.63) is 80.5 Å². The number of aryl methyl sites for hydroxylation is 1. The number of benzene rings is 2. The number of sulfonamides is 1. The molecule has 0 saturated heterocycles. The van der Waals surface area contributed by atoms with Crippen molar-refractivity contribution in [1.29, 1.82) is 0 Å². The Balaban J connectivity index is 1.69. The molecule has 0 atom stereocenters. The zero-order chi connectivity index (χ0) is 30.0. The minimum atomic E-state index is -3.81. The summed E-state index contributed by atoms with van der Waals surface area (Å²) in [4.78, 5) is 32.4. The maximum Gasteiger partial charge on any atom is 0.341 e. The summed E-state index contributed by atoms with van der Waals surface area (Å²) < 4.78 is 34.2. The van der Waals surface area contributed by atoms with Crippen molar-refractivity contribution < 1.29 is 23.1 Å². The smallest absolute Gasteiger partial charge is 0.341 e. The molecule has 1 aliphatic rings. The lowest BCUT2D eigenvalue weighted by Gasteiger charge is -2.19. The molecular formula is C31H33N3O6S2. The summed E-state index contributed by atoms with van der Waals surface area (Å²) in [6.07, 6.45) is 5.14. The van der Waals surface area contributed by atoms with E-state index < -0.39 is 21.6 Å². The van der Waals surface area contributed by atoms with Gasteiger partial charge in [-0.25, -0.2) is 22.8 Å². The largest absolute Gasteiger partial charge is 0.494 e. The molecule has 0 amide bonds. The van der Waals surface area contributed by atoms with E-state index in [0.29, 0.717) is 34.4 Å². The molecular weight excluding hydrogens is 574 g/mol. The van der Waals surface area contributed by atoms with Crippen molar-refractivity contribution in [3.63, 3.8) is 0 Å². The molecule has 1 N–H and O–H groups in total. The zero-order valence-electron chi connectivity index (χ0n) is 23.8. The molecule has 0 spiro atoms. The minimum Gasteiger partial charge on any atom is -0.494 e. The van der Waals surface area contributed by atoms with E-state index >= 15 is 0 Å². The molecule has 0 aliphatic heterocycles. The highest BCUT2D eigenvalue weighted by molar-refractivity contribution is 7.89. The number of carbonyl (C=O) groups excluding carboxylic acids is 1. The molecule has 0 saturated carbocycles. The zero-order valence-corrected chi connectivity index (χ0v) is 25.4. The topological polar surface area (TPSA) is 118 Å². The number of hydrogen-bond donors (Lipinski definition) is 1. The summed E-state index contributed by atoms with van der Waals surface area (Å²) in [5, 5.41) is 12.8. The van der Waals surface area contributed by atoms with Crippen molar-refractivity contribution in [2.45, 2.75) is 51.3 Å². The van der Waals surface area contributed by atoms with Crippen molar-refractivity contribution in [2.75, 3.05) is 19.7 Å². The van der Waals surface area contributed by atoms with Crippen molar-refractivity contribution in [3.8, 4) is 11.6 Å². The third-order valence-corrected chi connectivity index (χ3v) is 10.7. The molecule has 0 radical (unpaired) electrons. The molecule has 5 rings (SSSR count). The highest BCUT2D eigenvalue weighted by atomic mass is 32.2. The number of thiophene rings is 1. The van der Waals surface area contributed by atoms with Gasteiger partial charge in [0.2, 0.25) is 15.9 Å². The number of hydrogen-bond acceptors (Lipinski definition) is 8. The van der Waals surface area contributed by atoms with E-state index in [9.17, 15) is 23.1 Å². The second kappa shape index (κ2) is 12.2. The summed E-state index contributed by atoms with van der Waals surface area (Å²) in [5.74, 6) is -0.812. The Morgan fingerprint density at radius 3 is 2.50 bits per heavy atom. The number of ether oxygens (including phenoxy) is 1. The van der Waals surface area contributed by atoms with E-state index in [1.165, 1.54) is 34.0 Å². The highest BCUT2D eigenvalue weighted by Gasteiger charge is 2.27. The van der Waals surface area contributed by atoms with Gasteiger partial charge in [0, 0.05) is 35.0 Å². The Morgan fingerprint density at radius 1 is 1.07 bits per heavy atom. The number of esters is 1. The van der Waals surface area contributed by atoms with Crippen LogP contribution in [-0.4, -0.2) is 54.3 Å². The van der Waals surface area contributed by atoms with Crippen molar-refractivity contribution >= 4 is 49.3 Å². The van der Waals surface area contributed by atoms with Crippen LogP contribution >= 0.6 is 11.3 Å². The quantitative estimate of drug-likeness (QED) is 0.196. The Hall–Kier alpha value is -3.80. The molecule has 42 heavy (non-hydrogen) atoms. The van der Waals surface area contributed by atoms with Gasteiger partial charge >= 0.3 is 5.97 Å². The molecule has 2 aromatic heterocycles. The monoisotopic (exact) mass is 607 g/mol. The number of fused-ring (bicyclic) bond motifs is 2. The normalized spacial score (nSPS) is 13.6. The van der Waals surface area contributed by atoms with Crippen LogP contribution in [0, 0.1) is 0 Å². The fourth-order valence-electron chi connectivity index (χ4n) is 5.40. The second-order valence-electron chi connectivity index (χ2n) is 9.88. The molecule has 9 nitrogen and oxygen atoms in total. The fourth-order valence-corrected chi connectivity index (χ4v) is 8.12. The standard InChI is InChI=1S/C31H33N3O6S2/c1-4-33(5-2)42(38,39)21-13-11-12-20(18-21)34-29(35)23-15-8-7-14-22(23)25(30(34)36)19-32-28-27(31(37)40-6-3)24-16-9-10-17-26(24)41-28/h7-8,11-15,18-19,36H,4-6,9-10,16-17H2,1-3H3. The van der Waals surface area contributed by atoms with Gasteiger partial charge in [-0.2, -0.15) is 4.31 Å². The molecule has 11 heteroatoms. The summed E-state index contributed by atoms with van der Waals surface area (Å²) in [6, 6.07) is 12.8. The summed E-state index contributed by atoms with van der Waals surface area (Å²) >= 11 is 1.44. The van der Waals surface area contributed by atoms with Gasteiger partial charge in [-0.1, -0.05) is 38.1 Å². The van der Waals surface area contributed by atoms with Gasteiger partial charge in [0.1, 0.15) is 5.00 Å². The summed E-state index contributed by atoms with van der Waals surface area (Å²) in [7, 11) is -3.81. The van der Waals surface area contributed by atoms with Crippen LogP contribution in [0.15, 0.2) is 63.2 Å². The number of nitrogens with zero attached hydrogens (tertiary/aromatic N) is 3. The first-order valence-corrected chi connectivity index (χ1v) is 16.3. The third kappa shape index (κ3) is 5.28. The van der Waals surface area contributed by atoms with Gasteiger partial charge < -0.3 is 9.84 Å². The lowest BCUT2D eigenvalue weighted by molar-refractivity contribution is 0.0526. The van der Waals surface area contributed by atoms with Crippen molar-refractivity contribution in [1.82, 2.24) is 8.87 Å². The van der Waals surface area contributed by atoms with Crippen LogP contribution in [0.5, 0.6) is 5.88 Å². The Labute approximate surface area is 248 Å². The summed E-state index contributed by atoms with van der Waals surface area (Å²) in [6.45, 7) is 6.11.